The number of thioether (sulfide) groups is 1. The van der Waals surface area contributed by atoms with Crippen LogP contribution >= 0.6 is 27.7 Å². The summed E-state index contributed by atoms with van der Waals surface area (Å²) < 4.78 is 29.0. The first-order chi connectivity index (χ1) is 16.6. The molecule has 0 saturated heterocycles. The third-order valence-corrected chi connectivity index (χ3v) is 8.58. The van der Waals surface area contributed by atoms with E-state index in [0.29, 0.717) is 12.5 Å². The van der Waals surface area contributed by atoms with Crippen molar-refractivity contribution >= 4 is 27.7 Å². The number of hydrogen-bond donors (Lipinski definition) is 0. The van der Waals surface area contributed by atoms with Crippen molar-refractivity contribution in [2.24, 2.45) is 17.8 Å². The molecule has 2 aliphatic rings. The Kier molecular flexibility index (Phi) is 7.44. The van der Waals surface area contributed by atoms with Gasteiger partial charge >= 0.3 is 0 Å². The molecule has 2 fully saturated rings. The van der Waals surface area contributed by atoms with E-state index < -0.39 is 0 Å². The lowest BCUT2D eigenvalue weighted by Crippen LogP contribution is -2.24. The van der Waals surface area contributed by atoms with Crippen molar-refractivity contribution in [3.05, 3.63) is 64.6 Å². The van der Waals surface area contributed by atoms with Crippen molar-refractivity contribution in [2.75, 3.05) is 12.4 Å². The third-order valence-electron chi connectivity index (χ3n) is 7.15. The van der Waals surface area contributed by atoms with Crippen LogP contribution in [0, 0.1) is 23.6 Å². The zero-order valence-corrected chi connectivity index (χ0v) is 21.6. The molecular formula is C26H29BrFN3O2S. The molecule has 0 radical (unpaired) electrons. The summed E-state index contributed by atoms with van der Waals surface area (Å²) in [6.45, 7) is 3.04. The van der Waals surface area contributed by atoms with E-state index in [1.54, 1.807) is 30.0 Å². The molecule has 8 heteroatoms. The first-order valence-corrected chi connectivity index (χ1v) is 13.7. The largest absolute Gasteiger partial charge is 0.493 e. The monoisotopic (exact) mass is 545 g/mol. The van der Waals surface area contributed by atoms with Crippen LogP contribution in [0.5, 0.6) is 11.5 Å². The van der Waals surface area contributed by atoms with Crippen LogP contribution < -0.4 is 9.47 Å². The quantitative estimate of drug-likeness (QED) is 0.204. The number of hydrogen-bond acceptors (Lipinski definition) is 5. The molecule has 0 N–H and O–H groups in total. The van der Waals surface area contributed by atoms with E-state index in [9.17, 15) is 4.39 Å². The molecule has 1 aromatic heterocycles. The molecule has 180 valence electrons. The maximum Gasteiger partial charge on any atom is 0.191 e. The number of ether oxygens (including phenoxy) is 2. The average molecular weight is 547 g/mol. The number of para-hydroxylation sites is 1. The number of nitrogens with zero attached hydrogens (tertiary/aromatic N) is 3. The minimum absolute atomic E-state index is 0.190. The topological polar surface area (TPSA) is 49.2 Å². The third kappa shape index (κ3) is 5.28. The fourth-order valence-electron chi connectivity index (χ4n) is 5.52. The number of aromatic nitrogens is 3. The predicted octanol–water partition coefficient (Wildman–Crippen LogP) is 6.93. The van der Waals surface area contributed by atoms with Gasteiger partial charge in [-0.1, -0.05) is 46.2 Å². The highest BCUT2D eigenvalue weighted by Crippen LogP contribution is 2.52. The highest BCUT2D eigenvalue weighted by molar-refractivity contribution is 9.10. The van der Waals surface area contributed by atoms with Crippen LogP contribution in [0.2, 0.25) is 0 Å². The molecule has 4 atom stereocenters. The van der Waals surface area contributed by atoms with E-state index >= 15 is 0 Å². The second-order valence-electron chi connectivity index (χ2n) is 9.22. The lowest BCUT2D eigenvalue weighted by atomic mass is 9.84. The van der Waals surface area contributed by atoms with Crippen LogP contribution in [0.1, 0.15) is 44.5 Å². The fourth-order valence-corrected chi connectivity index (χ4v) is 6.64. The summed E-state index contributed by atoms with van der Waals surface area (Å²) in [6, 6.07) is 14.6. The van der Waals surface area contributed by atoms with Gasteiger partial charge in [0, 0.05) is 16.3 Å². The zero-order chi connectivity index (χ0) is 23.5. The van der Waals surface area contributed by atoms with Gasteiger partial charge < -0.3 is 9.47 Å². The zero-order valence-electron chi connectivity index (χ0n) is 19.2. The molecule has 0 spiro atoms. The van der Waals surface area contributed by atoms with Crippen LogP contribution in [0.25, 0.3) is 0 Å². The van der Waals surface area contributed by atoms with Gasteiger partial charge in [0.2, 0.25) is 0 Å². The lowest BCUT2D eigenvalue weighted by Gasteiger charge is -2.30. The number of rotatable bonds is 10. The highest BCUT2D eigenvalue weighted by Gasteiger charge is 2.43. The second kappa shape index (κ2) is 10.7. The van der Waals surface area contributed by atoms with Gasteiger partial charge in [-0.2, -0.15) is 0 Å². The summed E-state index contributed by atoms with van der Waals surface area (Å²) in [5.41, 5.74) is 0. The molecule has 3 aromatic rings. The van der Waals surface area contributed by atoms with Crippen LogP contribution in [-0.2, 0) is 6.61 Å². The molecule has 2 aliphatic carbocycles. The standard InChI is InChI=1S/C26H29BrFN3O2S/c1-17(22-15-18-6-7-19(22)14-18)31-25(16-33-24-5-3-2-4-23(24)28)29-30-26(31)34-13-12-32-21-10-8-20(27)9-11-21/h2-5,8-11,17-19,22H,6-7,12-16H2,1H3/t17-,18+,19+,22+/m1/s1. The van der Waals surface area contributed by atoms with E-state index in [2.05, 4.69) is 37.6 Å². The van der Waals surface area contributed by atoms with Crippen LogP contribution in [-0.4, -0.2) is 27.1 Å². The van der Waals surface area contributed by atoms with Crippen molar-refractivity contribution in [3.8, 4) is 11.5 Å². The summed E-state index contributed by atoms with van der Waals surface area (Å²) in [7, 11) is 0. The normalized spacial score (nSPS) is 22.1. The first-order valence-electron chi connectivity index (χ1n) is 11.9. The molecule has 34 heavy (non-hydrogen) atoms. The number of fused-ring (bicyclic) bond motifs is 2. The van der Waals surface area contributed by atoms with E-state index in [1.165, 1.54) is 31.7 Å². The van der Waals surface area contributed by atoms with E-state index in [-0.39, 0.29) is 24.2 Å². The maximum absolute atomic E-state index is 14.1. The number of halogens is 2. The summed E-state index contributed by atoms with van der Waals surface area (Å²) >= 11 is 5.09. The Hall–Kier alpha value is -2.06. The summed E-state index contributed by atoms with van der Waals surface area (Å²) in [5, 5.41) is 9.84. The van der Waals surface area contributed by atoms with Gasteiger partial charge in [-0.3, -0.25) is 4.57 Å². The summed E-state index contributed by atoms with van der Waals surface area (Å²) in [5.74, 6) is 4.49. The second-order valence-corrected chi connectivity index (χ2v) is 11.2. The van der Waals surface area contributed by atoms with Gasteiger partial charge in [0.1, 0.15) is 12.4 Å². The predicted molar refractivity (Wildman–Crippen MR) is 135 cm³/mol. The van der Waals surface area contributed by atoms with Crippen LogP contribution in [0.15, 0.2) is 58.2 Å². The molecule has 1 heterocycles. The Labute approximate surface area is 212 Å². The molecule has 5 rings (SSSR count). The Morgan fingerprint density at radius 3 is 2.65 bits per heavy atom. The van der Waals surface area contributed by atoms with Gasteiger partial charge in [0.25, 0.3) is 0 Å². The molecule has 0 unspecified atom stereocenters. The van der Waals surface area contributed by atoms with Gasteiger partial charge in [-0.15, -0.1) is 10.2 Å². The molecule has 2 bridgehead atoms. The van der Waals surface area contributed by atoms with Gasteiger partial charge in [0.05, 0.1) is 6.61 Å². The molecule has 2 saturated carbocycles. The Bertz CT molecular complexity index is 1110. The van der Waals surface area contributed by atoms with Gasteiger partial charge in [-0.05, 0) is 80.3 Å². The first kappa shape index (κ1) is 23.7. The van der Waals surface area contributed by atoms with E-state index in [0.717, 1.165) is 38.8 Å². The average Bonchev–Trinajstić information content (AvgIpc) is 3.58. The maximum atomic E-state index is 14.1. The van der Waals surface area contributed by atoms with E-state index in [1.807, 2.05) is 24.3 Å². The van der Waals surface area contributed by atoms with Crippen molar-refractivity contribution < 1.29 is 13.9 Å². The minimum atomic E-state index is -0.366. The summed E-state index contributed by atoms with van der Waals surface area (Å²) in [4.78, 5) is 0. The molecule has 2 aromatic carbocycles. The van der Waals surface area contributed by atoms with E-state index in [4.69, 9.17) is 9.47 Å². The van der Waals surface area contributed by atoms with Gasteiger partial charge in [0.15, 0.2) is 22.5 Å². The number of benzene rings is 2. The minimum Gasteiger partial charge on any atom is -0.493 e. The smallest absolute Gasteiger partial charge is 0.191 e. The van der Waals surface area contributed by atoms with Crippen LogP contribution in [0.4, 0.5) is 4.39 Å². The highest BCUT2D eigenvalue weighted by atomic mass is 79.9. The van der Waals surface area contributed by atoms with Crippen molar-refractivity contribution in [1.29, 1.82) is 0 Å². The molecular weight excluding hydrogens is 517 g/mol. The van der Waals surface area contributed by atoms with Crippen molar-refractivity contribution in [1.82, 2.24) is 14.8 Å². The summed E-state index contributed by atoms with van der Waals surface area (Å²) in [6.07, 6.45) is 5.32. The Morgan fingerprint density at radius 2 is 1.91 bits per heavy atom. The Balaban J connectivity index is 1.28. The molecule has 5 nitrogen and oxygen atoms in total. The lowest BCUT2D eigenvalue weighted by molar-refractivity contribution is 0.215. The van der Waals surface area contributed by atoms with Crippen molar-refractivity contribution in [3.63, 3.8) is 0 Å². The molecule has 0 aliphatic heterocycles. The SMILES string of the molecule is C[C@H]([C@@H]1C[C@H]2CC[C@H]1C2)n1c(COc2ccccc2F)nnc1SCCOc1ccc(Br)cc1. The Morgan fingerprint density at radius 1 is 1.09 bits per heavy atom. The van der Waals surface area contributed by atoms with Gasteiger partial charge in [-0.25, -0.2) is 4.39 Å². The fraction of sp³-hybridized carbons (Fsp3) is 0.462. The van der Waals surface area contributed by atoms with Crippen molar-refractivity contribution in [2.45, 2.75) is 50.4 Å². The molecule has 0 amide bonds. The van der Waals surface area contributed by atoms with Crippen LogP contribution in [0.3, 0.4) is 0 Å².